The molecule has 0 aliphatic carbocycles. The molecule has 0 spiro atoms. The number of aryl methyl sites for hydroxylation is 1. The predicted octanol–water partition coefficient (Wildman–Crippen LogP) is 13.0. The molecule has 266 valence electrons. The quantitative estimate of drug-likeness (QED) is 0.136. The summed E-state index contributed by atoms with van der Waals surface area (Å²) < 4.78 is 11.0. The molecule has 0 amide bonds. The van der Waals surface area contributed by atoms with Crippen molar-refractivity contribution in [3.63, 3.8) is 0 Å². The van der Waals surface area contributed by atoms with Crippen molar-refractivity contribution in [1.29, 1.82) is 0 Å². The first kappa shape index (κ1) is 35.3. The van der Waals surface area contributed by atoms with Crippen molar-refractivity contribution in [2.75, 3.05) is 0 Å². The minimum absolute atomic E-state index is 0.172. The molecule has 0 radical (unpaired) electrons. The zero-order chi connectivity index (χ0) is 36.6. The van der Waals surface area contributed by atoms with Crippen molar-refractivity contribution in [3.8, 4) is 34.1 Å². The number of pyridine rings is 1. The van der Waals surface area contributed by atoms with Crippen LogP contribution >= 0.6 is 0 Å². The van der Waals surface area contributed by atoms with Crippen LogP contribution in [0.5, 0.6) is 11.5 Å². The SMILES string of the molecule is CCCC(C)CC(C)c1ccc2c(c1)c1ccc(Oc3cccc(-n4nc(C)c(-c5ccccc5)c4C)c3)cc1n2-c1cc(CC(C)(C)C)ccn1. The van der Waals surface area contributed by atoms with Gasteiger partial charge in [0.05, 0.1) is 22.4 Å². The lowest BCUT2D eigenvalue weighted by molar-refractivity contribution is 0.411. The summed E-state index contributed by atoms with van der Waals surface area (Å²) in [5.41, 5.74) is 10.5. The summed E-state index contributed by atoms with van der Waals surface area (Å²) in [7, 11) is 0. The number of aromatic nitrogens is 4. The number of fused-ring (bicyclic) bond motifs is 3. The van der Waals surface area contributed by atoms with E-state index in [4.69, 9.17) is 14.8 Å². The van der Waals surface area contributed by atoms with E-state index in [9.17, 15) is 0 Å². The van der Waals surface area contributed by atoms with Gasteiger partial charge in [0, 0.05) is 40.4 Å². The zero-order valence-corrected chi connectivity index (χ0v) is 32.1. The standard InChI is InChI=1S/C47H52N4O/c1-9-14-31(2)25-32(3)37-19-22-43-42(27-37)41-21-20-40(29-44(41)50(43)45-26-35(23-24-48-45)30-47(6,7)8)52-39-18-13-17-38(28-39)51-34(5)46(33(4)49-51)36-15-11-10-12-16-36/h10-13,15-24,26-29,31-32H,9,14,25,30H2,1-8H3. The van der Waals surface area contributed by atoms with E-state index in [2.05, 4.69) is 145 Å². The smallest absolute Gasteiger partial charge is 0.137 e. The van der Waals surface area contributed by atoms with Gasteiger partial charge in [0.15, 0.2) is 0 Å². The van der Waals surface area contributed by atoms with E-state index in [0.717, 1.165) is 51.8 Å². The van der Waals surface area contributed by atoms with Crippen molar-refractivity contribution in [3.05, 3.63) is 132 Å². The largest absolute Gasteiger partial charge is 0.457 e. The van der Waals surface area contributed by atoms with Gasteiger partial charge in [-0.2, -0.15) is 5.10 Å². The number of hydrogen-bond donors (Lipinski definition) is 0. The van der Waals surface area contributed by atoms with Crippen LogP contribution in [0.1, 0.15) is 89.2 Å². The molecule has 0 fully saturated rings. The van der Waals surface area contributed by atoms with Crippen LogP contribution in [0.15, 0.2) is 109 Å². The van der Waals surface area contributed by atoms with Gasteiger partial charge in [0.2, 0.25) is 0 Å². The van der Waals surface area contributed by atoms with Gasteiger partial charge in [-0.3, -0.25) is 4.57 Å². The second-order valence-corrected chi connectivity index (χ2v) is 16.0. The number of benzene rings is 4. The van der Waals surface area contributed by atoms with E-state index in [1.54, 1.807) is 0 Å². The van der Waals surface area contributed by atoms with Crippen LogP contribution in [0.4, 0.5) is 0 Å². The molecule has 3 heterocycles. The van der Waals surface area contributed by atoms with Gasteiger partial charge in [0.25, 0.3) is 0 Å². The molecule has 5 nitrogen and oxygen atoms in total. The molecular weight excluding hydrogens is 637 g/mol. The fourth-order valence-electron chi connectivity index (χ4n) is 8.02. The Hall–Kier alpha value is -5.16. The van der Waals surface area contributed by atoms with Crippen molar-refractivity contribution < 1.29 is 4.74 Å². The summed E-state index contributed by atoms with van der Waals surface area (Å²) in [5.74, 6) is 3.66. The Morgan fingerprint density at radius 2 is 1.56 bits per heavy atom. The van der Waals surface area contributed by atoms with Crippen LogP contribution in [-0.2, 0) is 6.42 Å². The summed E-state index contributed by atoms with van der Waals surface area (Å²) in [6.07, 6.45) is 6.62. The highest BCUT2D eigenvalue weighted by Gasteiger charge is 2.20. The lowest BCUT2D eigenvalue weighted by atomic mass is 9.88. The van der Waals surface area contributed by atoms with Crippen molar-refractivity contribution in [2.45, 2.75) is 87.0 Å². The highest BCUT2D eigenvalue weighted by molar-refractivity contribution is 6.09. The van der Waals surface area contributed by atoms with Crippen LogP contribution < -0.4 is 4.74 Å². The molecule has 0 saturated heterocycles. The predicted molar refractivity (Wildman–Crippen MR) is 217 cm³/mol. The molecule has 3 aromatic heterocycles. The first-order valence-electron chi connectivity index (χ1n) is 18.9. The first-order valence-corrected chi connectivity index (χ1v) is 18.9. The molecule has 7 rings (SSSR count). The van der Waals surface area contributed by atoms with Crippen LogP contribution in [0.3, 0.4) is 0 Å². The average molecular weight is 689 g/mol. The molecule has 0 saturated carbocycles. The Balaban J connectivity index is 1.29. The van der Waals surface area contributed by atoms with E-state index in [1.165, 1.54) is 52.3 Å². The summed E-state index contributed by atoms with van der Waals surface area (Å²) >= 11 is 0. The molecule has 0 aliphatic heterocycles. The molecule has 52 heavy (non-hydrogen) atoms. The minimum Gasteiger partial charge on any atom is -0.457 e. The third kappa shape index (κ3) is 7.27. The normalized spacial score (nSPS) is 13.2. The molecule has 0 N–H and O–H groups in total. The van der Waals surface area contributed by atoms with Crippen LogP contribution in [-0.4, -0.2) is 19.3 Å². The summed E-state index contributed by atoms with van der Waals surface area (Å²) in [6.45, 7) is 18.1. The summed E-state index contributed by atoms with van der Waals surface area (Å²) in [4.78, 5) is 4.94. The topological polar surface area (TPSA) is 44.9 Å². The average Bonchev–Trinajstić information content (AvgIpc) is 3.60. The van der Waals surface area contributed by atoms with Gasteiger partial charge in [0.1, 0.15) is 17.3 Å². The Labute approximate surface area is 309 Å². The third-order valence-corrected chi connectivity index (χ3v) is 10.3. The number of hydrogen-bond acceptors (Lipinski definition) is 3. The highest BCUT2D eigenvalue weighted by Crippen LogP contribution is 2.38. The third-order valence-electron chi connectivity index (χ3n) is 10.3. The number of ether oxygens (including phenoxy) is 1. The lowest BCUT2D eigenvalue weighted by Crippen LogP contribution is -2.10. The number of nitrogens with zero attached hydrogens (tertiary/aromatic N) is 4. The van der Waals surface area contributed by atoms with Gasteiger partial charge in [-0.15, -0.1) is 0 Å². The van der Waals surface area contributed by atoms with E-state index in [0.29, 0.717) is 11.8 Å². The van der Waals surface area contributed by atoms with Crippen molar-refractivity contribution >= 4 is 21.8 Å². The van der Waals surface area contributed by atoms with E-state index < -0.39 is 0 Å². The van der Waals surface area contributed by atoms with Gasteiger partial charge in [-0.1, -0.05) is 96.8 Å². The maximum absolute atomic E-state index is 6.64. The zero-order valence-electron chi connectivity index (χ0n) is 32.1. The van der Waals surface area contributed by atoms with E-state index >= 15 is 0 Å². The Kier molecular flexibility index (Phi) is 9.80. The van der Waals surface area contributed by atoms with Gasteiger partial charge >= 0.3 is 0 Å². The maximum atomic E-state index is 6.64. The Bertz CT molecular complexity index is 2340. The second-order valence-electron chi connectivity index (χ2n) is 16.0. The van der Waals surface area contributed by atoms with Crippen LogP contribution in [0.25, 0.3) is 44.4 Å². The Morgan fingerprint density at radius 3 is 2.33 bits per heavy atom. The van der Waals surface area contributed by atoms with Gasteiger partial charge < -0.3 is 4.74 Å². The molecule has 5 heteroatoms. The summed E-state index contributed by atoms with van der Waals surface area (Å²) in [6, 6.07) is 36.6. The van der Waals surface area contributed by atoms with E-state index in [-0.39, 0.29) is 5.41 Å². The molecule has 0 aliphatic rings. The molecule has 2 atom stereocenters. The second kappa shape index (κ2) is 14.5. The van der Waals surface area contributed by atoms with Gasteiger partial charge in [-0.05, 0) is 109 Å². The monoisotopic (exact) mass is 688 g/mol. The summed E-state index contributed by atoms with van der Waals surface area (Å²) in [5, 5.41) is 7.39. The minimum atomic E-state index is 0.172. The van der Waals surface area contributed by atoms with Crippen LogP contribution in [0, 0.1) is 25.2 Å². The lowest BCUT2D eigenvalue weighted by Gasteiger charge is -2.19. The maximum Gasteiger partial charge on any atom is 0.137 e. The molecule has 4 aromatic carbocycles. The van der Waals surface area contributed by atoms with Crippen LogP contribution in [0.2, 0.25) is 0 Å². The molecular formula is C47H52N4O. The molecule has 7 aromatic rings. The Morgan fingerprint density at radius 1 is 0.769 bits per heavy atom. The fourth-order valence-corrected chi connectivity index (χ4v) is 8.02. The van der Waals surface area contributed by atoms with Crippen molar-refractivity contribution in [1.82, 2.24) is 19.3 Å². The molecule has 0 bridgehead atoms. The number of rotatable bonds is 11. The van der Waals surface area contributed by atoms with Crippen molar-refractivity contribution in [2.24, 2.45) is 11.3 Å². The molecule has 2 unspecified atom stereocenters. The van der Waals surface area contributed by atoms with Gasteiger partial charge in [-0.25, -0.2) is 9.67 Å². The van der Waals surface area contributed by atoms with E-state index in [1.807, 2.05) is 29.1 Å². The first-order chi connectivity index (χ1) is 25.0. The fraction of sp³-hybridized carbons (Fsp3) is 0.319. The highest BCUT2D eigenvalue weighted by atomic mass is 16.5.